The Labute approximate surface area is 157 Å². The second-order valence-corrected chi connectivity index (χ2v) is 8.23. The molecule has 138 valence electrons. The van der Waals surface area contributed by atoms with Crippen molar-refractivity contribution in [3.8, 4) is 5.69 Å². The molecular weight excluding hydrogens is 364 g/mol. The number of rotatable bonds is 3. The zero-order valence-electron chi connectivity index (χ0n) is 14.8. The Kier molecular flexibility index (Phi) is 3.92. The van der Waals surface area contributed by atoms with Crippen molar-refractivity contribution in [1.82, 2.24) is 4.57 Å². The third-order valence-electron chi connectivity index (χ3n) is 4.64. The molecule has 4 rings (SSSR count). The minimum absolute atomic E-state index is 0.258. The van der Waals surface area contributed by atoms with Crippen LogP contribution >= 0.6 is 0 Å². The lowest BCUT2D eigenvalue weighted by molar-refractivity contribution is 0.102. The standard InChI is InChI=1S/C19H18N4O3S/c1-21-17-10-7-15(13-18(17)22(2)27(21,25)26)20-19(24)14-5-8-16(9-6-14)23-11-3-4-12-23/h3-13H,1-2H3,(H,20,24). The highest BCUT2D eigenvalue weighted by Gasteiger charge is 2.35. The van der Waals surface area contributed by atoms with Crippen LogP contribution < -0.4 is 13.9 Å². The molecule has 1 aliphatic rings. The van der Waals surface area contributed by atoms with E-state index in [1.807, 2.05) is 41.2 Å². The van der Waals surface area contributed by atoms with Crippen LogP contribution in [0.25, 0.3) is 5.69 Å². The summed E-state index contributed by atoms with van der Waals surface area (Å²) in [4.78, 5) is 12.5. The Morgan fingerprint density at radius 1 is 0.889 bits per heavy atom. The zero-order valence-corrected chi connectivity index (χ0v) is 15.6. The summed E-state index contributed by atoms with van der Waals surface area (Å²) in [7, 11) is -0.543. The molecule has 0 spiro atoms. The van der Waals surface area contributed by atoms with Crippen LogP contribution in [0.2, 0.25) is 0 Å². The molecule has 27 heavy (non-hydrogen) atoms. The Morgan fingerprint density at radius 3 is 2.19 bits per heavy atom. The smallest absolute Gasteiger partial charge is 0.324 e. The predicted molar refractivity (Wildman–Crippen MR) is 106 cm³/mol. The number of fused-ring (bicyclic) bond motifs is 1. The van der Waals surface area contributed by atoms with E-state index in [-0.39, 0.29) is 5.91 Å². The highest BCUT2D eigenvalue weighted by molar-refractivity contribution is 7.94. The maximum absolute atomic E-state index is 12.5. The second kappa shape index (κ2) is 6.17. The quantitative estimate of drug-likeness (QED) is 0.757. The van der Waals surface area contributed by atoms with Gasteiger partial charge in [0.1, 0.15) is 0 Å². The van der Waals surface area contributed by atoms with Crippen LogP contribution in [0.3, 0.4) is 0 Å². The Morgan fingerprint density at radius 2 is 1.52 bits per heavy atom. The van der Waals surface area contributed by atoms with Crippen molar-refractivity contribution < 1.29 is 13.2 Å². The molecule has 2 aromatic carbocycles. The first-order chi connectivity index (χ1) is 12.9. The van der Waals surface area contributed by atoms with E-state index in [4.69, 9.17) is 0 Å². The van der Waals surface area contributed by atoms with Gasteiger partial charge in [0, 0.05) is 43.4 Å². The maximum Gasteiger partial charge on any atom is 0.326 e. The van der Waals surface area contributed by atoms with E-state index in [9.17, 15) is 13.2 Å². The summed E-state index contributed by atoms with van der Waals surface area (Å²) in [6.45, 7) is 0. The molecule has 0 aliphatic carbocycles. The molecule has 0 bridgehead atoms. The SMILES string of the molecule is CN1c2ccc(NC(=O)c3ccc(-n4cccc4)cc3)cc2N(C)S1(=O)=O. The summed E-state index contributed by atoms with van der Waals surface area (Å²) < 4.78 is 28.8. The van der Waals surface area contributed by atoms with Gasteiger partial charge in [-0.15, -0.1) is 0 Å². The van der Waals surface area contributed by atoms with E-state index in [0.29, 0.717) is 22.6 Å². The topological polar surface area (TPSA) is 74.7 Å². The van der Waals surface area contributed by atoms with E-state index >= 15 is 0 Å². The predicted octanol–water partition coefficient (Wildman–Crippen LogP) is 2.86. The van der Waals surface area contributed by atoms with Crippen molar-refractivity contribution in [2.75, 3.05) is 28.0 Å². The van der Waals surface area contributed by atoms with Gasteiger partial charge < -0.3 is 9.88 Å². The highest BCUT2D eigenvalue weighted by atomic mass is 32.2. The summed E-state index contributed by atoms with van der Waals surface area (Å²) in [6.07, 6.45) is 3.86. The minimum atomic E-state index is -3.53. The van der Waals surface area contributed by atoms with Crippen LogP contribution in [0.5, 0.6) is 0 Å². The molecule has 1 aliphatic heterocycles. The number of hydrogen-bond acceptors (Lipinski definition) is 3. The molecule has 0 saturated carbocycles. The summed E-state index contributed by atoms with van der Waals surface area (Å²) in [5.41, 5.74) is 3.11. The number of aromatic nitrogens is 1. The molecule has 0 unspecified atom stereocenters. The van der Waals surface area contributed by atoms with Gasteiger partial charge in [-0.1, -0.05) is 0 Å². The third-order valence-corrected chi connectivity index (χ3v) is 6.41. The van der Waals surface area contributed by atoms with Gasteiger partial charge in [-0.25, -0.2) is 0 Å². The summed E-state index contributed by atoms with van der Waals surface area (Å²) in [5, 5.41) is 2.82. The van der Waals surface area contributed by atoms with Gasteiger partial charge in [0.15, 0.2) is 0 Å². The van der Waals surface area contributed by atoms with Gasteiger partial charge in [0.05, 0.1) is 11.4 Å². The lowest BCUT2D eigenvalue weighted by Crippen LogP contribution is -2.32. The number of carbonyl (C=O) groups excluding carboxylic acids is 1. The average Bonchev–Trinajstić information content (AvgIpc) is 3.26. The molecule has 0 atom stereocenters. The van der Waals surface area contributed by atoms with Gasteiger partial charge in [-0.3, -0.25) is 13.4 Å². The molecular formula is C19H18N4O3S. The number of benzene rings is 2. The van der Waals surface area contributed by atoms with E-state index in [0.717, 1.165) is 5.69 Å². The first-order valence-electron chi connectivity index (χ1n) is 8.29. The normalized spacial score (nSPS) is 14.9. The van der Waals surface area contributed by atoms with E-state index < -0.39 is 10.2 Å². The molecule has 2 heterocycles. The van der Waals surface area contributed by atoms with Crippen LogP contribution in [0.4, 0.5) is 17.1 Å². The van der Waals surface area contributed by atoms with E-state index in [1.54, 1.807) is 30.3 Å². The molecule has 7 nitrogen and oxygen atoms in total. The molecule has 0 fully saturated rings. The zero-order chi connectivity index (χ0) is 19.2. The molecule has 1 amide bonds. The molecule has 0 saturated heterocycles. The lowest BCUT2D eigenvalue weighted by Gasteiger charge is -2.13. The van der Waals surface area contributed by atoms with E-state index in [2.05, 4.69) is 5.32 Å². The molecule has 1 N–H and O–H groups in total. The molecule has 3 aromatic rings. The second-order valence-electron chi connectivity index (χ2n) is 6.24. The van der Waals surface area contributed by atoms with Gasteiger partial charge in [0.2, 0.25) is 0 Å². The number of nitrogens with one attached hydrogen (secondary N) is 1. The monoisotopic (exact) mass is 382 g/mol. The highest BCUT2D eigenvalue weighted by Crippen LogP contribution is 2.40. The van der Waals surface area contributed by atoms with Gasteiger partial charge >= 0.3 is 10.2 Å². The number of amides is 1. The first-order valence-corrected chi connectivity index (χ1v) is 9.69. The van der Waals surface area contributed by atoms with Gasteiger partial charge in [-0.05, 0) is 54.6 Å². The number of carbonyl (C=O) groups is 1. The van der Waals surface area contributed by atoms with Crippen LogP contribution in [0.1, 0.15) is 10.4 Å². The van der Waals surface area contributed by atoms with Crippen molar-refractivity contribution in [2.45, 2.75) is 0 Å². The fourth-order valence-corrected chi connectivity index (χ4v) is 4.21. The lowest BCUT2D eigenvalue weighted by atomic mass is 10.1. The molecule has 8 heteroatoms. The van der Waals surface area contributed by atoms with Crippen LogP contribution in [0.15, 0.2) is 67.0 Å². The van der Waals surface area contributed by atoms with Crippen molar-refractivity contribution in [1.29, 1.82) is 0 Å². The average molecular weight is 382 g/mol. The summed E-state index contributed by atoms with van der Waals surface area (Å²) in [6, 6.07) is 16.1. The minimum Gasteiger partial charge on any atom is -0.324 e. The van der Waals surface area contributed by atoms with Crippen LogP contribution in [0, 0.1) is 0 Å². The van der Waals surface area contributed by atoms with Crippen molar-refractivity contribution >= 4 is 33.2 Å². The first kappa shape index (κ1) is 17.2. The largest absolute Gasteiger partial charge is 0.326 e. The number of anilines is 3. The van der Waals surface area contributed by atoms with Crippen LogP contribution in [-0.4, -0.2) is 33.0 Å². The fraction of sp³-hybridized carbons (Fsp3) is 0.105. The van der Waals surface area contributed by atoms with Gasteiger partial charge in [-0.2, -0.15) is 8.42 Å². The fourth-order valence-electron chi connectivity index (χ4n) is 3.05. The molecule has 0 radical (unpaired) electrons. The third kappa shape index (κ3) is 2.83. The van der Waals surface area contributed by atoms with Crippen molar-refractivity contribution in [3.05, 3.63) is 72.6 Å². The van der Waals surface area contributed by atoms with E-state index in [1.165, 1.54) is 22.7 Å². The number of nitrogens with zero attached hydrogens (tertiary/aromatic N) is 3. The number of hydrogen-bond donors (Lipinski definition) is 1. The summed E-state index contributed by atoms with van der Waals surface area (Å²) in [5.74, 6) is -0.258. The van der Waals surface area contributed by atoms with Gasteiger partial charge in [0.25, 0.3) is 5.91 Å². The summed E-state index contributed by atoms with van der Waals surface area (Å²) >= 11 is 0. The maximum atomic E-state index is 12.5. The Hall–Kier alpha value is -3.26. The Balaban J connectivity index is 1.55. The van der Waals surface area contributed by atoms with Crippen LogP contribution in [-0.2, 0) is 10.2 Å². The molecule has 1 aromatic heterocycles. The van der Waals surface area contributed by atoms with Crippen molar-refractivity contribution in [3.63, 3.8) is 0 Å². The Bertz CT molecular complexity index is 1110. The van der Waals surface area contributed by atoms with Crippen molar-refractivity contribution in [2.24, 2.45) is 0 Å².